The highest BCUT2D eigenvalue weighted by Gasteiger charge is 2.34. The third kappa shape index (κ3) is 9.36. The van der Waals surface area contributed by atoms with Crippen LogP contribution in [0.25, 0.3) is 22.3 Å². The van der Waals surface area contributed by atoms with E-state index in [1.165, 1.54) is 0 Å². The van der Waals surface area contributed by atoms with E-state index in [-0.39, 0.29) is 21.7 Å². The van der Waals surface area contributed by atoms with Crippen molar-refractivity contribution >= 4 is 11.8 Å². The molecular weight excluding hydrogens is 697 g/mol. The van der Waals surface area contributed by atoms with Gasteiger partial charge in [0.25, 0.3) is 0 Å². The molecule has 0 saturated heterocycles. The zero-order valence-corrected chi connectivity index (χ0v) is 38.2. The van der Waals surface area contributed by atoms with E-state index < -0.39 is 0 Å². The van der Waals surface area contributed by atoms with Crippen molar-refractivity contribution < 1.29 is 19.7 Å². The number of hydrogen-bond donors (Lipinski definition) is 2. The molecule has 0 atom stereocenters. The maximum atomic E-state index is 12.0. The van der Waals surface area contributed by atoms with Gasteiger partial charge in [0, 0.05) is 33.4 Å². The van der Waals surface area contributed by atoms with Gasteiger partial charge in [0.2, 0.25) is 0 Å². The van der Waals surface area contributed by atoms with Crippen LogP contribution in [0.4, 0.5) is 0 Å². The molecule has 0 fully saturated rings. The Morgan fingerprint density at radius 1 is 0.491 bits per heavy atom. The zero-order chi connectivity index (χ0) is 41.6. The van der Waals surface area contributed by atoms with Gasteiger partial charge in [-0.25, -0.2) is 0 Å². The minimum absolute atomic E-state index is 0.231. The highest BCUT2D eigenvalue weighted by atomic mass is 32.2. The second-order valence-corrected chi connectivity index (χ2v) is 20.8. The molecule has 0 heterocycles. The van der Waals surface area contributed by atoms with Crippen molar-refractivity contribution in [2.24, 2.45) is 0 Å². The summed E-state index contributed by atoms with van der Waals surface area (Å²) in [4.78, 5) is 2.04. The van der Waals surface area contributed by atoms with Gasteiger partial charge < -0.3 is 19.7 Å². The van der Waals surface area contributed by atoms with Crippen LogP contribution in [0, 0.1) is 27.7 Å². The summed E-state index contributed by atoms with van der Waals surface area (Å²) < 4.78 is 13.7. The predicted molar refractivity (Wildman–Crippen MR) is 237 cm³/mol. The van der Waals surface area contributed by atoms with Gasteiger partial charge in [-0.2, -0.15) is 0 Å². The maximum Gasteiger partial charge on any atom is 0.137 e. The lowest BCUT2D eigenvalue weighted by atomic mass is 9.77. The number of aryl methyl sites for hydroxylation is 4. The molecule has 0 aliphatic carbocycles. The Morgan fingerprint density at radius 3 is 1.09 bits per heavy atom. The molecule has 2 N–H and O–H groups in total. The molecule has 5 heteroatoms. The van der Waals surface area contributed by atoms with Gasteiger partial charge in [0.15, 0.2) is 0 Å². The lowest BCUT2D eigenvalue weighted by Gasteiger charge is -2.32. The summed E-state index contributed by atoms with van der Waals surface area (Å²) in [5, 5.41) is 24.0. The maximum absolute atomic E-state index is 12.0. The standard InChI is InChI=1S/C50H70O4S/c1-19-21-53-45-37(27-31(5)39(41(45)49(13,14)15)33-23-29(3)25-35(43(33)51)47(7,8)9)55-38-28-32(6)40(42(50(16,17)18)46(38)54-22-20-2)34-24-30(4)26-36(44(34)52)48(10,11)12/h23-28,51-52H,19-22H2,1-18H3. The monoisotopic (exact) mass is 766 g/mol. The normalized spacial score (nSPS) is 12.7. The number of phenolic OH excluding ortho intramolecular Hbond substituents is 2. The van der Waals surface area contributed by atoms with Gasteiger partial charge in [0.05, 0.1) is 23.0 Å². The van der Waals surface area contributed by atoms with Crippen molar-refractivity contribution in [2.75, 3.05) is 13.2 Å². The van der Waals surface area contributed by atoms with Gasteiger partial charge in [-0.15, -0.1) is 0 Å². The molecule has 0 aliphatic heterocycles. The van der Waals surface area contributed by atoms with Crippen molar-refractivity contribution in [2.45, 2.75) is 169 Å². The summed E-state index contributed by atoms with van der Waals surface area (Å²) in [5.74, 6) is 2.37. The van der Waals surface area contributed by atoms with Crippen LogP contribution in [0.15, 0.2) is 46.2 Å². The smallest absolute Gasteiger partial charge is 0.137 e. The molecule has 0 aromatic heterocycles. The van der Waals surface area contributed by atoms with E-state index in [1.807, 2.05) is 0 Å². The van der Waals surface area contributed by atoms with Crippen LogP contribution in [0.2, 0.25) is 0 Å². The average Bonchev–Trinajstić information content (AvgIpc) is 3.03. The molecule has 55 heavy (non-hydrogen) atoms. The molecule has 300 valence electrons. The van der Waals surface area contributed by atoms with Crippen LogP contribution in [0.1, 0.15) is 154 Å². The van der Waals surface area contributed by atoms with Gasteiger partial charge in [-0.3, -0.25) is 0 Å². The SMILES string of the molecule is CCCOc1c(Sc2cc(C)c(-c3cc(C)cc(C(C)(C)C)c3O)c(C(C)(C)C)c2OCCC)cc(C)c(-c2cc(C)cc(C(C)(C)C)c2O)c1C(C)(C)C. The van der Waals surface area contributed by atoms with E-state index in [1.54, 1.807) is 11.8 Å². The molecule has 4 nitrogen and oxygen atoms in total. The first kappa shape index (κ1) is 44.1. The molecule has 4 rings (SSSR count). The Balaban J connectivity index is 2.15. The van der Waals surface area contributed by atoms with E-state index in [9.17, 15) is 10.2 Å². The number of phenols is 2. The lowest BCUT2D eigenvalue weighted by Crippen LogP contribution is -2.18. The van der Waals surface area contributed by atoms with Crippen molar-refractivity contribution in [3.63, 3.8) is 0 Å². The Morgan fingerprint density at radius 2 is 0.818 bits per heavy atom. The molecule has 0 saturated carbocycles. The molecular formula is C50H70O4S. The molecule has 0 bridgehead atoms. The molecule has 0 amide bonds. The first-order valence-electron chi connectivity index (χ1n) is 20.2. The van der Waals surface area contributed by atoms with E-state index in [2.05, 4.69) is 161 Å². The van der Waals surface area contributed by atoms with Crippen LogP contribution < -0.4 is 9.47 Å². The second kappa shape index (κ2) is 16.1. The fraction of sp³-hybridized carbons (Fsp3) is 0.520. The summed E-state index contributed by atoms with van der Waals surface area (Å²) in [6, 6.07) is 13.0. The van der Waals surface area contributed by atoms with E-state index in [0.717, 1.165) is 101 Å². The predicted octanol–water partition coefficient (Wildman–Crippen LogP) is 14.6. The Kier molecular flexibility index (Phi) is 12.9. The summed E-state index contributed by atoms with van der Waals surface area (Å²) in [5.41, 5.74) is 11.1. The topological polar surface area (TPSA) is 58.9 Å². The summed E-state index contributed by atoms with van der Waals surface area (Å²) >= 11 is 1.69. The van der Waals surface area contributed by atoms with Crippen LogP contribution in [0.3, 0.4) is 0 Å². The van der Waals surface area contributed by atoms with Crippen LogP contribution in [-0.4, -0.2) is 23.4 Å². The van der Waals surface area contributed by atoms with E-state index in [4.69, 9.17) is 9.47 Å². The molecule has 0 radical (unpaired) electrons. The molecule has 4 aromatic carbocycles. The van der Waals surface area contributed by atoms with Crippen molar-refractivity contribution in [1.82, 2.24) is 0 Å². The Labute approximate surface area is 338 Å². The third-order valence-electron chi connectivity index (χ3n) is 10.2. The quantitative estimate of drug-likeness (QED) is 0.168. The van der Waals surface area contributed by atoms with Crippen molar-refractivity contribution in [3.8, 4) is 45.3 Å². The number of rotatable bonds is 10. The molecule has 0 aliphatic rings. The summed E-state index contributed by atoms with van der Waals surface area (Å²) in [7, 11) is 0. The Bertz CT molecular complexity index is 1890. The van der Waals surface area contributed by atoms with Crippen molar-refractivity contribution in [3.05, 3.63) is 80.9 Å². The van der Waals surface area contributed by atoms with Gasteiger partial charge in [-0.05, 0) is 120 Å². The number of hydrogen-bond acceptors (Lipinski definition) is 5. The van der Waals surface area contributed by atoms with Gasteiger partial charge in [0.1, 0.15) is 23.0 Å². The molecule has 0 unspecified atom stereocenters. The summed E-state index contributed by atoms with van der Waals surface area (Å²) in [6.45, 7) is 40.3. The van der Waals surface area contributed by atoms with E-state index in [0.29, 0.717) is 24.7 Å². The number of ether oxygens (including phenoxy) is 2. The minimum Gasteiger partial charge on any atom is -0.507 e. The summed E-state index contributed by atoms with van der Waals surface area (Å²) in [6.07, 6.45) is 1.73. The van der Waals surface area contributed by atoms with Crippen LogP contribution in [-0.2, 0) is 21.7 Å². The van der Waals surface area contributed by atoms with Gasteiger partial charge >= 0.3 is 0 Å². The number of aromatic hydroxyl groups is 2. The average molecular weight is 767 g/mol. The fourth-order valence-electron chi connectivity index (χ4n) is 7.71. The van der Waals surface area contributed by atoms with E-state index >= 15 is 0 Å². The number of benzene rings is 4. The van der Waals surface area contributed by atoms with Crippen LogP contribution >= 0.6 is 11.8 Å². The molecule has 0 spiro atoms. The van der Waals surface area contributed by atoms with Crippen LogP contribution in [0.5, 0.6) is 23.0 Å². The highest BCUT2D eigenvalue weighted by Crippen LogP contribution is 2.55. The van der Waals surface area contributed by atoms with Gasteiger partial charge in [-0.1, -0.05) is 121 Å². The molecule has 4 aromatic rings. The first-order valence-corrected chi connectivity index (χ1v) is 21.0. The third-order valence-corrected chi connectivity index (χ3v) is 11.2. The minimum atomic E-state index is -0.316. The second-order valence-electron chi connectivity index (χ2n) is 19.8. The highest BCUT2D eigenvalue weighted by molar-refractivity contribution is 7.99. The Hall–Kier alpha value is -3.57. The fourth-order valence-corrected chi connectivity index (χ4v) is 8.92. The largest absolute Gasteiger partial charge is 0.507 e. The first-order chi connectivity index (χ1) is 25.2. The zero-order valence-electron chi connectivity index (χ0n) is 37.4. The van der Waals surface area contributed by atoms with Crippen molar-refractivity contribution in [1.29, 1.82) is 0 Å². The lowest BCUT2D eigenvalue weighted by molar-refractivity contribution is 0.300.